The average Bonchev–Trinajstić information content (AvgIpc) is 2.11. The zero-order valence-corrected chi connectivity index (χ0v) is 10.4. The van der Waals surface area contributed by atoms with Gasteiger partial charge in [-0.3, -0.25) is 0 Å². The first-order valence-electron chi connectivity index (χ1n) is 3.88. The van der Waals surface area contributed by atoms with Crippen LogP contribution in [0, 0.1) is 0 Å². The van der Waals surface area contributed by atoms with Crippen LogP contribution in [0.2, 0.25) is 10.0 Å². The summed E-state index contributed by atoms with van der Waals surface area (Å²) in [6.07, 6.45) is 0. The quantitative estimate of drug-likeness (QED) is 0.611. The molecule has 0 amide bonds. The van der Waals surface area contributed by atoms with E-state index in [1.807, 2.05) is 0 Å². The molecule has 0 bridgehead atoms. The number of carbonyl (C=O) groups is 1. The largest absolute Gasteiger partial charge is 0.462 e. The van der Waals surface area contributed by atoms with Crippen LogP contribution in [0.1, 0.15) is 17.3 Å². The Bertz CT molecular complexity index is 366. The summed E-state index contributed by atoms with van der Waals surface area (Å²) in [5.74, 6) is -0.441. The summed E-state index contributed by atoms with van der Waals surface area (Å²) >= 11 is 14.8. The van der Waals surface area contributed by atoms with Crippen molar-refractivity contribution < 1.29 is 9.53 Å². The van der Waals surface area contributed by atoms with Gasteiger partial charge in [-0.1, -0.05) is 23.2 Å². The zero-order chi connectivity index (χ0) is 10.7. The molecule has 0 spiro atoms. The SMILES string of the molecule is CCOC(=O)c1cc(Cl)cc(Cl)c1Br. The van der Waals surface area contributed by atoms with Crippen molar-refractivity contribution >= 4 is 45.1 Å². The van der Waals surface area contributed by atoms with Crippen molar-refractivity contribution in [3.63, 3.8) is 0 Å². The molecule has 0 aliphatic heterocycles. The normalized spacial score (nSPS) is 10.0. The molecular formula is C9H7BrCl2O2. The third-order valence-corrected chi connectivity index (χ3v) is 3.09. The molecule has 5 heteroatoms. The van der Waals surface area contributed by atoms with E-state index in [1.54, 1.807) is 13.0 Å². The molecule has 0 aliphatic carbocycles. The summed E-state index contributed by atoms with van der Waals surface area (Å²) in [7, 11) is 0. The van der Waals surface area contributed by atoms with E-state index in [0.29, 0.717) is 26.7 Å². The van der Waals surface area contributed by atoms with Gasteiger partial charge in [0.2, 0.25) is 0 Å². The van der Waals surface area contributed by atoms with Crippen molar-refractivity contribution in [3.8, 4) is 0 Å². The molecule has 1 rings (SSSR count). The molecule has 0 radical (unpaired) electrons. The number of hydrogen-bond donors (Lipinski definition) is 0. The minimum atomic E-state index is -0.441. The molecular weight excluding hydrogens is 291 g/mol. The Balaban J connectivity index is 3.13. The van der Waals surface area contributed by atoms with Gasteiger partial charge in [-0.05, 0) is 35.0 Å². The molecule has 0 heterocycles. The predicted octanol–water partition coefficient (Wildman–Crippen LogP) is 3.93. The predicted molar refractivity (Wildman–Crippen MR) is 60.1 cm³/mol. The van der Waals surface area contributed by atoms with Crippen LogP contribution in [0.25, 0.3) is 0 Å². The summed E-state index contributed by atoms with van der Waals surface area (Å²) in [5.41, 5.74) is 0.337. The van der Waals surface area contributed by atoms with E-state index >= 15 is 0 Å². The maximum Gasteiger partial charge on any atom is 0.339 e. The lowest BCUT2D eigenvalue weighted by Crippen LogP contribution is -2.05. The first-order valence-corrected chi connectivity index (χ1v) is 5.42. The van der Waals surface area contributed by atoms with Crippen LogP contribution in [0.4, 0.5) is 0 Å². The van der Waals surface area contributed by atoms with Gasteiger partial charge < -0.3 is 4.74 Å². The maximum atomic E-state index is 11.4. The standard InChI is InChI=1S/C9H7BrCl2O2/c1-2-14-9(13)6-3-5(11)4-7(12)8(6)10/h3-4H,2H2,1H3. The van der Waals surface area contributed by atoms with Gasteiger partial charge >= 0.3 is 5.97 Å². The van der Waals surface area contributed by atoms with Crippen molar-refractivity contribution in [1.82, 2.24) is 0 Å². The van der Waals surface area contributed by atoms with Crippen LogP contribution in [-0.2, 0) is 4.74 Å². The summed E-state index contributed by atoms with van der Waals surface area (Å²) in [6.45, 7) is 2.05. The molecule has 0 fully saturated rings. The van der Waals surface area contributed by atoms with Gasteiger partial charge in [0.25, 0.3) is 0 Å². The van der Waals surface area contributed by atoms with Crippen LogP contribution in [0.3, 0.4) is 0 Å². The zero-order valence-electron chi connectivity index (χ0n) is 7.31. The average molecular weight is 298 g/mol. The lowest BCUT2D eigenvalue weighted by atomic mass is 10.2. The highest BCUT2D eigenvalue weighted by atomic mass is 79.9. The van der Waals surface area contributed by atoms with Crippen molar-refractivity contribution in [2.24, 2.45) is 0 Å². The fourth-order valence-corrected chi connectivity index (χ4v) is 1.80. The topological polar surface area (TPSA) is 26.3 Å². The molecule has 0 aliphatic rings. The lowest BCUT2D eigenvalue weighted by Gasteiger charge is -2.06. The second-order valence-electron chi connectivity index (χ2n) is 2.47. The molecule has 0 N–H and O–H groups in total. The van der Waals surface area contributed by atoms with E-state index < -0.39 is 5.97 Å². The van der Waals surface area contributed by atoms with Crippen LogP contribution in [0.5, 0.6) is 0 Å². The monoisotopic (exact) mass is 296 g/mol. The van der Waals surface area contributed by atoms with E-state index in [4.69, 9.17) is 27.9 Å². The lowest BCUT2D eigenvalue weighted by molar-refractivity contribution is 0.0525. The number of ether oxygens (including phenoxy) is 1. The first kappa shape index (κ1) is 11.8. The minimum Gasteiger partial charge on any atom is -0.462 e. The Morgan fingerprint density at radius 2 is 2.14 bits per heavy atom. The Kier molecular flexibility index (Phi) is 4.23. The fraction of sp³-hybridized carbons (Fsp3) is 0.222. The van der Waals surface area contributed by atoms with Crippen LogP contribution in [-0.4, -0.2) is 12.6 Å². The van der Waals surface area contributed by atoms with Gasteiger partial charge in [0.05, 0.1) is 21.7 Å². The molecule has 76 valence electrons. The van der Waals surface area contributed by atoms with E-state index in [0.717, 1.165) is 0 Å². The first-order chi connectivity index (χ1) is 6.56. The van der Waals surface area contributed by atoms with E-state index in [2.05, 4.69) is 15.9 Å². The molecule has 0 saturated heterocycles. The second kappa shape index (κ2) is 5.01. The van der Waals surface area contributed by atoms with Crippen molar-refractivity contribution in [2.45, 2.75) is 6.92 Å². The van der Waals surface area contributed by atoms with Crippen LogP contribution in [0.15, 0.2) is 16.6 Å². The highest BCUT2D eigenvalue weighted by molar-refractivity contribution is 9.10. The summed E-state index contributed by atoms with van der Waals surface area (Å²) in [6, 6.07) is 3.06. The molecule has 0 unspecified atom stereocenters. The fourth-order valence-electron chi connectivity index (χ4n) is 0.913. The highest BCUT2D eigenvalue weighted by Gasteiger charge is 2.14. The van der Waals surface area contributed by atoms with Crippen molar-refractivity contribution in [1.29, 1.82) is 0 Å². The highest BCUT2D eigenvalue weighted by Crippen LogP contribution is 2.30. The van der Waals surface area contributed by atoms with Crippen molar-refractivity contribution in [3.05, 3.63) is 32.2 Å². The molecule has 0 atom stereocenters. The molecule has 1 aromatic carbocycles. The summed E-state index contributed by atoms with van der Waals surface area (Å²) < 4.78 is 5.33. The number of hydrogen-bond acceptors (Lipinski definition) is 2. The molecule has 2 nitrogen and oxygen atoms in total. The molecule has 0 aromatic heterocycles. The Morgan fingerprint density at radius 1 is 1.50 bits per heavy atom. The maximum absolute atomic E-state index is 11.4. The van der Waals surface area contributed by atoms with Gasteiger partial charge in [-0.2, -0.15) is 0 Å². The third kappa shape index (κ3) is 2.62. The number of halogens is 3. The van der Waals surface area contributed by atoms with E-state index in [1.165, 1.54) is 6.07 Å². The number of carbonyl (C=O) groups excluding carboxylic acids is 1. The second-order valence-corrected chi connectivity index (χ2v) is 4.11. The van der Waals surface area contributed by atoms with Gasteiger partial charge in [-0.25, -0.2) is 4.79 Å². The molecule has 14 heavy (non-hydrogen) atoms. The van der Waals surface area contributed by atoms with Crippen molar-refractivity contribution in [2.75, 3.05) is 6.61 Å². The molecule has 0 saturated carbocycles. The van der Waals surface area contributed by atoms with Gasteiger partial charge in [0, 0.05) is 5.02 Å². The van der Waals surface area contributed by atoms with Gasteiger partial charge in [0.15, 0.2) is 0 Å². The number of benzene rings is 1. The van der Waals surface area contributed by atoms with Gasteiger partial charge in [0.1, 0.15) is 0 Å². The summed E-state index contributed by atoms with van der Waals surface area (Å²) in [4.78, 5) is 11.4. The smallest absolute Gasteiger partial charge is 0.339 e. The Morgan fingerprint density at radius 3 is 2.71 bits per heavy atom. The number of esters is 1. The Labute approximate surface area is 100 Å². The molecule has 1 aromatic rings. The third-order valence-electron chi connectivity index (χ3n) is 1.49. The van der Waals surface area contributed by atoms with Crippen LogP contribution >= 0.6 is 39.1 Å². The Hall–Kier alpha value is -0.250. The number of rotatable bonds is 2. The summed E-state index contributed by atoms with van der Waals surface area (Å²) in [5, 5.41) is 0.793. The van der Waals surface area contributed by atoms with E-state index in [-0.39, 0.29) is 0 Å². The minimum absolute atomic E-state index is 0.315. The van der Waals surface area contributed by atoms with Crippen LogP contribution < -0.4 is 0 Å². The van der Waals surface area contributed by atoms with E-state index in [9.17, 15) is 4.79 Å². The van der Waals surface area contributed by atoms with Gasteiger partial charge in [-0.15, -0.1) is 0 Å².